The van der Waals surface area contributed by atoms with Crippen molar-refractivity contribution in [2.75, 3.05) is 13.2 Å². The second kappa shape index (κ2) is 10.6. The minimum atomic E-state index is -0.438. The highest BCUT2D eigenvalue weighted by atomic mass is 16.6. The number of azide groups is 1. The fraction of sp³-hybridized carbons (Fsp3) is 0.316. The lowest BCUT2D eigenvalue weighted by atomic mass is 10.1. The van der Waals surface area contributed by atoms with E-state index in [2.05, 4.69) is 25.3 Å². The Labute approximate surface area is 173 Å². The SMILES string of the molecule is [3HH].[N-]=[N+]=NCCCCOCc1cccc(Cn2cc(-c3ccc([N+](=O)[O-])cc3)nn2)n1. The molecular formula is C19H22N8O3. The summed E-state index contributed by atoms with van der Waals surface area (Å²) in [6, 6.07) is 11.9. The van der Waals surface area contributed by atoms with E-state index in [1.165, 1.54) is 12.1 Å². The molecule has 0 spiro atoms. The van der Waals surface area contributed by atoms with Gasteiger partial charge < -0.3 is 4.74 Å². The van der Waals surface area contributed by atoms with Crippen molar-refractivity contribution < 1.29 is 11.1 Å². The maximum Gasteiger partial charge on any atom is 0.269 e. The van der Waals surface area contributed by atoms with E-state index in [9.17, 15) is 10.1 Å². The lowest BCUT2D eigenvalue weighted by Gasteiger charge is -2.06. The Bertz CT molecular complexity index is 1030. The molecule has 0 aliphatic heterocycles. The van der Waals surface area contributed by atoms with Crippen molar-refractivity contribution in [3.05, 3.63) is 80.6 Å². The summed E-state index contributed by atoms with van der Waals surface area (Å²) in [5.41, 5.74) is 11.3. The van der Waals surface area contributed by atoms with Crippen LogP contribution in [0.1, 0.15) is 25.7 Å². The molecule has 0 saturated carbocycles. The van der Waals surface area contributed by atoms with E-state index in [1.54, 1.807) is 23.0 Å². The number of ether oxygens (including phenoxy) is 1. The molecular weight excluding hydrogens is 388 g/mol. The van der Waals surface area contributed by atoms with Gasteiger partial charge in [0.15, 0.2) is 0 Å². The molecule has 0 fully saturated rings. The van der Waals surface area contributed by atoms with Gasteiger partial charge in [0.25, 0.3) is 5.69 Å². The second-order valence-electron chi connectivity index (χ2n) is 6.44. The molecule has 3 rings (SSSR count). The summed E-state index contributed by atoms with van der Waals surface area (Å²) >= 11 is 0. The summed E-state index contributed by atoms with van der Waals surface area (Å²) in [6.07, 6.45) is 3.39. The van der Waals surface area contributed by atoms with E-state index < -0.39 is 4.92 Å². The van der Waals surface area contributed by atoms with Crippen molar-refractivity contribution in [2.24, 2.45) is 5.11 Å². The van der Waals surface area contributed by atoms with Crippen molar-refractivity contribution >= 4 is 5.69 Å². The van der Waals surface area contributed by atoms with Gasteiger partial charge in [-0.3, -0.25) is 15.1 Å². The molecule has 0 saturated heterocycles. The standard InChI is InChI=1S/C19H20N8O3.H2/c20-24-21-10-1-2-11-30-14-17-5-3-4-16(22-17)12-26-13-19(23-25-26)15-6-8-18(9-7-15)27(28)29;/h3-9,13H,1-2,10-12,14H2;1H/i;1+2. The molecule has 11 nitrogen and oxygen atoms in total. The van der Waals surface area contributed by atoms with Crippen LogP contribution in [0.2, 0.25) is 0 Å². The summed E-state index contributed by atoms with van der Waals surface area (Å²) < 4.78 is 7.28. The maximum absolute atomic E-state index is 10.8. The van der Waals surface area contributed by atoms with Crippen LogP contribution in [-0.2, 0) is 17.9 Å². The Morgan fingerprint density at radius 3 is 2.77 bits per heavy atom. The van der Waals surface area contributed by atoms with Crippen LogP contribution in [0.15, 0.2) is 53.8 Å². The molecule has 2 aromatic heterocycles. The van der Waals surface area contributed by atoms with Crippen LogP contribution >= 0.6 is 0 Å². The lowest BCUT2D eigenvalue weighted by molar-refractivity contribution is -0.384. The Balaban J connectivity index is 0.00000341. The molecule has 2 heterocycles. The van der Waals surface area contributed by atoms with Gasteiger partial charge in [-0.2, -0.15) is 0 Å². The van der Waals surface area contributed by atoms with Gasteiger partial charge in [-0.15, -0.1) is 5.10 Å². The molecule has 0 aliphatic carbocycles. The quantitative estimate of drug-likeness (QED) is 0.115. The minimum absolute atomic E-state index is 0. The number of non-ortho nitro benzene ring substituents is 1. The predicted molar refractivity (Wildman–Crippen MR) is 110 cm³/mol. The number of benzene rings is 1. The van der Waals surface area contributed by atoms with Crippen LogP contribution < -0.4 is 0 Å². The number of pyridine rings is 1. The number of nitro groups is 1. The largest absolute Gasteiger partial charge is 0.375 e. The van der Waals surface area contributed by atoms with Crippen LogP contribution in [0.4, 0.5) is 5.69 Å². The van der Waals surface area contributed by atoms with E-state index in [0.717, 1.165) is 29.8 Å². The van der Waals surface area contributed by atoms with E-state index in [4.69, 9.17) is 10.3 Å². The van der Waals surface area contributed by atoms with Crippen LogP contribution in [-0.4, -0.2) is 38.1 Å². The number of nitro benzene ring substituents is 1. The Morgan fingerprint density at radius 1 is 1.20 bits per heavy atom. The third kappa shape index (κ3) is 6.09. The molecule has 11 heteroatoms. The van der Waals surface area contributed by atoms with E-state index >= 15 is 0 Å². The number of hydrogen-bond donors (Lipinski definition) is 0. The summed E-state index contributed by atoms with van der Waals surface area (Å²) in [6.45, 7) is 1.91. The van der Waals surface area contributed by atoms with Crippen LogP contribution in [0.5, 0.6) is 0 Å². The number of hydrogen-bond acceptors (Lipinski definition) is 7. The molecule has 0 amide bonds. The Hall–Kier alpha value is -3.82. The maximum atomic E-state index is 10.8. The van der Waals surface area contributed by atoms with E-state index in [1.807, 2.05) is 18.2 Å². The van der Waals surface area contributed by atoms with Gasteiger partial charge in [-0.05, 0) is 42.6 Å². The highest BCUT2D eigenvalue weighted by Gasteiger charge is 2.09. The molecule has 30 heavy (non-hydrogen) atoms. The molecule has 1 aromatic carbocycles. The van der Waals surface area contributed by atoms with Gasteiger partial charge in [0.2, 0.25) is 0 Å². The first kappa shape index (κ1) is 20.9. The zero-order valence-corrected chi connectivity index (χ0v) is 16.2. The highest BCUT2D eigenvalue weighted by Crippen LogP contribution is 2.20. The van der Waals surface area contributed by atoms with Gasteiger partial charge in [0, 0.05) is 37.2 Å². The smallest absolute Gasteiger partial charge is 0.269 e. The predicted octanol–water partition coefficient (Wildman–Crippen LogP) is 4.15. The number of nitrogens with zero attached hydrogens (tertiary/aromatic N) is 8. The van der Waals surface area contributed by atoms with Crippen molar-refractivity contribution in [3.63, 3.8) is 0 Å². The van der Waals surface area contributed by atoms with Crippen molar-refractivity contribution in [1.29, 1.82) is 0 Å². The van der Waals surface area contributed by atoms with Gasteiger partial charge in [-0.25, -0.2) is 4.68 Å². The molecule has 0 radical (unpaired) electrons. The van der Waals surface area contributed by atoms with Crippen molar-refractivity contribution in [2.45, 2.75) is 26.0 Å². The summed E-state index contributed by atoms with van der Waals surface area (Å²) in [7, 11) is 0. The zero-order chi connectivity index (χ0) is 21.2. The van der Waals surface area contributed by atoms with Gasteiger partial charge in [-0.1, -0.05) is 16.4 Å². The molecule has 0 aliphatic rings. The fourth-order valence-electron chi connectivity index (χ4n) is 2.73. The van der Waals surface area contributed by atoms with Gasteiger partial charge in [0.1, 0.15) is 5.69 Å². The monoisotopic (exact) mass is 412 g/mol. The minimum Gasteiger partial charge on any atom is -0.375 e. The lowest BCUT2D eigenvalue weighted by Crippen LogP contribution is -2.05. The first-order chi connectivity index (χ1) is 14.7. The van der Waals surface area contributed by atoms with Gasteiger partial charge >= 0.3 is 0 Å². The molecule has 0 unspecified atom stereocenters. The van der Waals surface area contributed by atoms with Crippen molar-refractivity contribution in [1.82, 2.24) is 20.0 Å². The molecule has 156 valence electrons. The topological polar surface area (TPSA) is 145 Å². The average molecular weight is 412 g/mol. The average Bonchev–Trinajstić information content (AvgIpc) is 3.22. The van der Waals surface area contributed by atoms with Crippen LogP contribution in [0, 0.1) is 10.1 Å². The number of unbranched alkanes of at least 4 members (excludes halogenated alkanes) is 1. The molecule has 0 atom stereocenters. The Kier molecular flexibility index (Phi) is 7.42. The van der Waals surface area contributed by atoms with E-state index in [0.29, 0.717) is 32.0 Å². The first-order valence-electron chi connectivity index (χ1n) is 9.34. The Morgan fingerprint density at radius 2 is 2.00 bits per heavy atom. The first-order valence-corrected chi connectivity index (χ1v) is 9.34. The normalized spacial score (nSPS) is 10.5. The molecule has 0 N–H and O–H groups in total. The van der Waals surface area contributed by atoms with Gasteiger partial charge in [0.05, 0.1) is 35.7 Å². The number of aromatic nitrogens is 4. The number of rotatable bonds is 11. The van der Waals surface area contributed by atoms with E-state index in [-0.39, 0.29) is 7.11 Å². The third-order valence-electron chi connectivity index (χ3n) is 4.21. The second-order valence-corrected chi connectivity index (χ2v) is 6.44. The third-order valence-corrected chi connectivity index (χ3v) is 4.21. The fourth-order valence-corrected chi connectivity index (χ4v) is 2.73. The van der Waals surface area contributed by atoms with Crippen LogP contribution in [0.25, 0.3) is 21.7 Å². The summed E-state index contributed by atoms with van der Waals surface area (Å²) in [4.78, 5) is 17.6. The van der Waals surface area contributed by atoms with Crippen molar-refractivity contribution in [3.8, 4) is 11.3 Å². The molecule has 3 aromatic rings. The summed E-state index contributed by atoms with van der Waals surface area (Å²) in [5.74, 6) is 0. The van der Waals surface area contributed by atoms with Crippen LogP contribution in [0.3, 0.4) is 0 Å². The highest BCUT2D eigenvalue weighted by molar-refractivity contribution is 5.59. The zero-order valence-electron chi connectivity index (χ0n) is 16.2. The summed E-state index contributed by atoms with van der Waals surface area (Å²) in [5, 5.41) is 22.5. The molecule has 0 bridgehead atoms.